The van der Waals surface area contributed by atoms with E-state index in [1.54, 1.807) is 6.07 Å². The van der Waals surface area contributed by atoms with Gasteiger partial charge in [0.15, 0.2) is 0 Å². The summed E-state index contributed by atoms with van der Waals surface area (Å²) in [6, 6.07) is 20.3. The molecule has 5 rings (SSSR count). The summed E-state index contributed by atoms with van der Waals surface area (Å²) in [7, 11) is 0. The minimum atomic E-state index is -0.160. The Morgan fingerprint density at radius 1 is 1.00 bits per heavy atom. The summed E-state index contributed by atoms with van der Waals surface area (Å²) < 4.78 is 14.2. The normalized spacial score (nSPS) is 19.3. The summed E-state index contributed by atoms with van der Waals surface area (Å²) in [6.45, 7) is 2.17. The first-order valence-electron chi connectivity index (χ1n) is 10.5. The van der Waals surface area contributed by atoms with Crippen LogP contribution < -0.4 is 5.32 Å². The molecule has 1 saturated carbocycles. The molecule has 1 aromatic heterocycles. The summed E-state index contributed by atoms with van der Waals surface area (Å²) in [4.78, 5) is 0. The van der Waals surface area contributed by atoms with Gasteiger partial charge in [0.25, 0.3) is 0 Å². The molecule has 31 heavy (non-hydrogen) atoms. The molecule has 0 unspecified atom stereocenters. The highest BCUT2D eigenvalue weighted by molar-refractivity contribution is 5.86. The Labute approximate surface area is 186 Å². The Morgan fingerprint density at radius 2 is 1.77 bits per heavy atom. The van der Waals surface area contributed by atoms with E-state index in [4.69, 9.17) is 0 Å². The van der Waals surface area contributed by atoms with Crippen LogP contribution >= 0.6 is 12.4 Å². The average Bonchev–Trinajstić information content (AvgIpc) is 3.47. The highest BCUT2D eigenvalue weighted by atomic mass is 35.5. The Morgan fingerprint density at radius 3 is 2.52 bits per heavy atom. The van der Waals surface area contributed by atoms with Gasteiger partial charge in [0.2, 0.25) is 5.82 Å². The molecule has 1 fully saturated rings. The molecule has 1 aliphatic carbocycles. The lowest BCUT2D eigenvalue weighted by Gasteiger charge is -2.22. The van der Waals surface area contributed by atoms with Gasteiger partial charge in [-0.1, -0.05) is 54.6 Å². The lowest BCUT2D eigenvalue weighted by molar-refractivity contribution is 0.458. The van der Waals surface area contributed by atoms with Gasteiger partial charge in [-0.25, -0.2) is 4.39 Å². The fourth-order valence-corrected chi connectivity index (χ4v) is 4.73. The molecular weight excluding hydrogens is 413 g/mol. The second-order valence-corrected chi connectivity index (χ2v) is 8.13. The monoisotopic (exact) mass is 437 g/mol. The van der Waals surface area contributed by atoms with Crippen LogP contribution in [-0.2, 0) is 0 Å². The fourth-order valence-electron chi connectivity index (χ4n) is 4.73. The van der Waals surface area contributed by atoms with Crippen LogP contribution in [0.1, 0.15) is 49.3 Å². The molecule has 0 amide bonds. The molecule has 7 heteroatoms. The largest absolute Gasteiger partial charge is 0.307 e. The predicted molar refractivity (Wildman–Crippen MR) is 123 cm³/mol. The highest BCUT2D eigenvalue weighted by Gasteiger charge is 2.27. The maximum atomic E-state index is 14.2. The van der Waals surface area contributed by atoms with Crippen LogP contribution in [0.3, 0.4) is 0 Å². The molecule has 5 nitrogen and oxygen atoms in total. The highest BCUT2D eigenvalue weighted by Crippen LogP contribution is 2.36. The summed E-state index contributed by atoms with van der Waals surface area (Å²) in [5.74, 6) is 0.999. The average molecular weight is 438 g/mol. The van der Waals surface area contributed by atoms with Crippen LogP contribution in [0.4, 0.5) is 4.39 Å². The van der Waals surface area contributed by atoms with Gasteiger partial charge < -0.3 is 5.32 Å². The molecule has 3 aromatic carbocycles. The summed E-state index contributed by atoms with van der Waals surface area (Å²) in [5, 5.41) is 19.6. The molecule has 0 spiro atoms. The number of H-pyrrole nitrogens is 1. The summed E-state index contributed by atoms with van der Waals surface area (Å²) >= 11 is 0. The third-order valence-corrected chi connectivity index (χ3v) is 6.28. The third-order valence-electron chi connectivity index (χ3n) is 6.28. The van der Waals surface area contributed by atoms with Crippen molar-refractivity contribution in [2.45, 2.75) is 44.2 Å². The molecule has 1 aliphatic rings. The van der Waals surface area contributed by atoms with Crippen molar-refractivity contribution in [3.8, 4) is 11.4 Å². The Kier molecular flexibility index (Phi) is 6.30. The standard InChI is InChI=1S/C24H24FN5.ClH/c1-15(20-12-13-23(25)22-5-3-2-4-21(20)22)26-19-11-10-18(14-19)16-6-8-17(9-7-16)24-27-29-30-28-24;/h2-9,12-13,15,18-19,26H,10-11,14H2,1H3,(H,27,28,29,30);1H/t15-,18-,19+;/m1./s1. The van der Waals surface area contributed by atoms with E-state index < -0.39 is 0 Å². The molecule has 3 atom stereocenters. The quantitative estimate of drug-likeness (QED) is 0.428. The van der Waals surface area contributed by atoms with Gasteiger partial charge in [-0.2, -0.15) is 5.21 Å². The number of rotatable bonds is 5. The zero-order chi connectivity index (χ0) is 20.5. The number of halogens is 2. The van der Waals surface area contributed by atoms with Crippen molar-refractivity contribution in [2.75, 3.05) is 0 Å². The van der Waals surface area contributed by atoms with E-state index >= 15 is 0 Å². The maximum Gasteiger partial charge on any atom is 0.204 e. The number of aromatic amines is 1. The van der Waals surface area contributed by atoms with Gasteiger partial charge in [-0.15, -0.1) is 22.6 Å². The maximum absolute atomic E-state index is 14.2. The number of nitrogens with zero attached hydrogens (tertiary/aromatic N) is 3. The molecule has 160 valence electrons. The molecule has 0 aliphatic heterocycles. The van der Waals surface area contributed by atoms with E-state index in [0.717, 1.165) is 35.8 Å². The van der Waals surface area contributed by atoms with Gasteiger partial charge >= 0.3 is 0 Å². The van der Waals surface area contributed by atoms with Crippen LogP contribution in [-0.4, -0.2) is 26.7 Å². The van der Waals surface area contributed by atoms with Crippen LogP contribution in [0, 0.1) is 5.82 Å². The number of nitrogens with one attached hydrogen (secondary N) is 2. The van der Waals surface area contributed by atoms with E-state index in [9.17, 15) is 4.39 Å². The Balaban J connectivity index is 0.00000231. The van der Waals surface area contributed by atoms with Gasteiger partial charge in [-0.05, 0) is 59.9 Å². The molecule has 0 saturated heterocycles. The second kappa shape index (κ2) is 9.12. The van der Waals surface area contributed by atoms with E-state index in [1.165, 1.54) is 5.56 Å². The van der Waals surface area contributed by atoms with Crippen LogP contribution in [0.5, 0.6) is 0 Å². The van der Waals surface area contributed by atoms with Crippen molar-refractivity contribution in [3.05, 3.63) is 77.6 Å². The number of aromatic nitrogens is 4. The Hall–Kier alpha value is -2.83. The van der Waals surface area contributed by atoms with Gasteiger partial charge in [-0.3, -0.25) is 0 Å². The van der Waals surface area contributed by atoms with Crippen LogP contribution in [0.2, 0.25) is 0 Å². The number of hydrogen-bond donors (Lipinski definition) is 2. The lowest BCUT2D eigenvalue weighted by Crippen LogP contribution is -2.29. The fraction of sp³-hybridized carbons (Fsp3) is 0.292. The Bertz CT molecular complexity index is 1150. The molecular formula is C24H25ClFN5. The number of benzene rings is 3. The zero-order valence-electron chi connectivity index (χ0n) is 17.3. The molecule has 1 heterocycles. The summed E-state index contributed by atoms with van der Waals surface area (Å²) in [5.41, 5.74) is 3.48. The molecule has 4 aromatic rings. The SMILES string of the molecule is C[C@@H](N[C@H]1CC[C@@H](c2ccc(-c3nn[nH]n3)cc2)C1)c1ccc(F)c2ccccc12.Cl. The minimum Gasteiger partial charge on any atom is -0.307 e. The van der Waals surface area contributed by atoms with Crippen LogP contribution in [0.15, 0.2) is 60.7 Å². The van der Waals surface area contributed by atoms with E-state index in [0.29, 0.717) is 23.2 Å². The molecule has 2 N–H and O–H groups in total. The van der Waals surface area contributed by atoms with Crippen molar-refractivity contribution in [2.24, 2.45) is 0 Å². The number of tetrazole rings is 1. The van der Waals surface area contributed by atoms with Gasteiger partial charge in [0.05, 0.1) is 0 Å². The van der Waals surface area contributed by atoms with E-state index in [-0.39, 0.29) is 24.3 Å². The second-order valence-electron chi connectivity index (χ2n) is 8.13. The number of fused-ring (bicyclic) bond motifs is 1. The van der Waals surface area contributed by atoms with Gasteiger partial charge in [0, 0.05) is 23.0 Å². The molecule has 0 radical (unpaired) electrons. The summed E-state index contributed by atoms with van der Waals surface area (Å²) in [6.07, 6.45) is 3.40. The zero-order valence-corrected chi connectivity index (χ0v) is 18.1. The van der Waals surface area contributed by atoms with Crippen molar-refractivity contribution in [1.82, 2.24) is 25.9 Å². The van der Waals surface area contributed by atoms with E-state index in [1.807, 2.05) is 30.3 Å². The van der Waals surface area contributed by atoms with Crippen LogP contribution in [0.25, 0.3) is 22.2 Å². The first-order chi connectivity index (χ1) is 14.7. The van der Waals surface area contributed by atoms with E-state index in [2.05, 4.69) is 57.1 Å². The minimum absolute atomic E-state index is 0. The van der Waals surface area contributed by atoms with Gasteiger partial charge in [0.1, 0.15) is 5.82 Å². The number of hydrogen-bond acceptors (Lipinski definition) is 4. The van der Waals surface area contributed by atoms with Crippen molar-refractivity contribution in [3.63, 3.8) is 0 Å². The third kappa shape index (κ3) is 4.31. The topological polar surface area (TPSA) is 66.5 Å². The lowest BCUT2D eigenvalue weighted by atomic mass is 9.96. The predicted octanol–water partition coefficient (Wildman–Crippen LogP) is 5.57. The first kappa shape index (κ1) is 21.4. The van der Waals surface area contributed by atoms with Crippen molar-refractivity contribution >= 4 is 23.2 Å². The molecule has 0 bridgehead atoms. The van der Waals surface area contributed by atoms with Crippen molar-refractivity contribution < 1.29 is 4.39 Å². The smallest absolute Gasteiger partial charge is 0.204 e. The van der Waals surface area contributed by atoms with Crippen molar-refractivity contribution in [1.29, 1.82) is 0 Å². The first-order valence-corrected chi connectivity index (χ1v) is 10.5.